The van der Waals surface area contributed by atoms with E-state index >= 15 is 0 Å². The molecule has 23 heavy (non-hydrogen) atoms. The second-order valence-corrected chi connectivity index (χ2v) is 4.83. The minimum Gasteiger partial charge on any atom is -0.435 e. The smallest absolute Gasteiger partial charge is 0.387 e. The van der Waals surface area contributed by atoms with Crippen molar-refractivity contribution in [2.24, 2.45) is 0 Å². The molecule has 0 aliphatic carbocycles. The van der Waals surface area contributed by atoms with Crippen LogP contribution in [0.1, 0.15) is 34.5 Å². The second kappa shape index (κ2) is 7.36. The van der Waals surface area contributed by atoms with E-state index in [0.29, 0.717) is 11.1 Å². The number of halogens is 2. The van der Waals surface area contributed by atoms with Gasteiger partial charge in [-0.15, -0.1) is 0 Å². The molecule has 0 aliphatic heterocycles. The molecule has 0 heterocycles. The molecule has 0 fully saturated rings. The molecule has 0 aromatic heterocycles. The number of nitrogens with zero attached hydrogens (tertiary/aromatic N) is 1. The Balaban J connectivity index is 2.01. The van der Waals surface area contributed by atoms with E-state index in [4.69, 9.17) is 5.26 Å². The quantitative estimate of drug-likeness (QED) is 0.916. The highest BCUT2D eigenvalue weighted by atomic mass is 19.3. The molecule has 0 aliphatic rings. The first-order chi connectivity index (χ1) is 11.0. The number of amides is 1. The fraction of sp³-hybridized carbons (Fsp3) is 0.176. The van der Waals surface area contributed by atoms with Gasteiger partial charge in [0.25, 0.3) is 5.91 Å². The van der Waals surface area contributed by atoms with Gasteiger partial charge in [0.15, 0.2) is 0 Å². The summed E-state index contributed by atoms with van der Waals surface area (Å²) in [6.45, 7) is -1.08. The molecule has 2 aromatic rings. The molecule has 6 heteroatoms. The van der Waals surface area contributed by atoms with Gasteiger partial charge in [-0.3, -0.25) is 4.79 Å². The topological polar surface area (TPSA) is 62.1 Å². The fourth-order valence-corrected chi connectivity index (χ4v) is 2.00. The Hall–Kier alpha value is -2.94. The predicted octanol–water partition coefficient (Wildman–Crippen LogP) is 3.65. The van der Waals surface area contributed by atoms with Crippen LogP contribution in [0.25, 0.3) is 0 Å². The van der Waals surface area contributed by atoms with Crippen molar-refractivity contribution in [1.29, 1.82) is 5.26 Å². The summed E-state index contributed by atoms with van der Waals surface area (Å²) in [5, 5.41) is 11.5. The molecule has 2 rings (SSSR count). The number of benzene rings is 2. The number of nitriles is 1. The summed E-state index contributed by atoms with van der Waals surface area (Å²) >= 11 is 0. The molecular formula is C17H14F2N2O2. The van der Waals surface area contributed by atoms with Crippen molar-refractivity contribution >= 4 is 5.91 Å². The molecule has 118 valence electrons. The van der Waals surface area contributed by atoms with E-state index in [-0.39, 0.29) is 17.7 Å². The Morgan fingerprint density at radius 2 is 1.74 bits per heavy atom. The van der Waals surface area contributed by atoms with Gasteiger partial charge >= 0.3 is 6.61 Å². The normalized spacial score (nSPS) is 11.6. The van der Waals surface area contributed by atoms with Gasteiger partial charge in [-0.05, 0) is 48.9 Å². The predicted molar refractivity (Wildman–Crippen MR) is 80.1 cm³/mol. The molecule has 1 N–H and O–H groups in total. The summed E-state index contributed by atoms with van der Waals surface area (Å²) in [7, 11) is 0. The van der Waals surface area contributed by atoms with E-state index in [1.165, 1.54) is 12.1 Å². The van der Waals surface area contributed by atoms with Gasteiger partial charge in [-0.1, -0.05) is 12.1 Å². The zero-order valence-electron chi connectivity index (χ0n) is 12.3. The van der Waals surface area contributed by atoms with Crippen molar-refractivity contribution in [3.8, 4) is 11.8 Å². The monoisotopic (exact) mass is 316 g/mol. The minimum absolute atomic E-state index is 0.0642. The number of rotatable bonds is 5. The summed E-state index contributed by atoms with van der Waals surface area (Å²) in [5.41, 5.74) is 1.67. The van der Waals surface area contributed by atoms with Gasteiger partial charge in [0.05, 0.1) is 17.7 Å². The Kier molecular flexibility index (Phi) is 5.26. The highest BCUT2D eigenvalue weighted by molar-refractivity contribution is 5.94. The maximum absolute atomic E-state index is 12.1. The highest BCUT2D eigenvalue weighted by Crippen LogP contribution is 2.19. The summed E-state index contributed by atoms with van der Waals surface area (Å²) in [6.07, 6.45) is 0. The summed E-state index contributed by atoms with van der Waals surface area (Å²) < 4.78 is 28.5. The van der Waals surface area contributed by atoms with Gasteiger partial charge in [-0.25, -0.2) is 0 Å². The van der Waals surface area contributed by atoms with Crippen LogP contribution in [-0.4, -0.2) is 12.5 Å². The van der Waals surface area contributed by atoms with Crippen LogP contribution in [0.4, 0.5) is 8.78 Å². The molecule has 0 radical (unpaired) electrons. The van der Waals surface area contributed by atoms with Crippen LogP contribution >= 0.6 is 0 Å². The van der Waals surface area contributed by atoms with Crippen molar-refractivity contribution in [2.45, 2.75) is 19.6 Å². The average Bonchev–Trinajstić information content (AvgIpc) is 2.55. The third kappa shape index (κ3) is 4.51. The SMILES string of the molecule is C[C@@H](NC(=O)c1ccc(C#N)cc1)c1ccc(OC(F)F)cc1. The van der Waals surface area contributed by atoms with Crippen molar-refractivity contribution in [3.05, 3.63) is 65.2 Å². The van der Waals surface area contributed by atoms with E-state index in [1.54, 1.807) is 43.3 Å². The van der Waals surface area contributed by atoms with E-state index in [0.717, 1.165) is 5.56 Å². The van der Waals surface area contributed by atoms with E-state index in [9.17, 15) is 13.6 Å². The molecule has 0 bridgehead atoms. The number of nitrogens with one attached hydrogen (secondary N) is 1. The Morgan fingerprint density at radius 3 is 2.26 bits per heavy atom. The summed E-state index contributed by atoms with van der Waals surface area (Å²) in [6, 6.07) is 14.0. The second-order valence-electron chi connectivity index (χ2n) is 4.83. The summed E-state index contributed by atoms with van der Waals surface area (Å²) in [5.74, 6) is -0.218. The maximum atomic E-state index is 12.1. The van der Waals surface area contributed by atoms with Crippen molar-refractivity contribution in [1.82, 2.24) is 5.32 Å². The van der Waals surface area contributed by atoms with Crippen LogP contribution in [0, 0.1) is 11.3 Å². The van der Waals surface area contributed by atoms with Crippen LogP contribution in [0.3, 0.4) is 0 Å². The summed E-state index contributed by atoms with van der Waals surface area (Å²) in [4.78, 5) is 12.1. The first-order valence-corrected chi connectivity index (χ1v) is 6.85. The maximum Gasteiger partial charge on any atom is 0.387 e. The number of carbonyl (C=O) groups is 1. The lowest BCUT2D eigenvalue weighted by atomic mass is 10.1. The number of ether oxygens (including phenoxy) is 1. The van der Waals surface area contributed by atoms with Gasteiger partial charge in [-0.2, -0.15) is 14.0 Å². The van der Waals surface area contributed by atoms with Crippen LogP contribution < -0.4 is 10.1 Å². The standard InChI is InChI=1S/C17H14F2N2O2/c1-11(13-6-8-15(9-7-13)23-17(18)19)21-16(22)14-4-2-12(10-20)3-5-14/h2-9,11,17H,1H3,(H,21,22)/t11-/m1/s1. The molecular weight excluding hydrogens is 302 g/mol. The molecule has 0 saturated carbocycles. The Morgan fingerprint density at radius 1 is 1.13 bits per heavy atom. The van der Waals surface area contributed by atoms with Crippen LogP contribution in [0.2, 0.25) is 0 Å². The lowest BCUT2D eigenvalue weighted by molar-refractivity contribution is -0.0498. The van der Waals surface area contributed by atoms with Gasteiger partial charge in [0, 0.05) is 5.56 Å². The van der Waals surface area contributed by atoms with Crippen LogP contribution in [0.15, 0.2) is 48.5 Å². The molecule has 4 nitrogen and oxygen atoms in total. The number of alkyl halides is 2. The van der Waals surface area contributed by atoms with Gasteiger partial charge in [0.1, 0.15) is 5.75 Å². The Labute approximate surface area is 132 Å². The number of hydrogen-bond donors (Lipinski definition) is 1. The molecule has 2 aromatic carbocycles. The molecule has 1 atom stereocenters. The van der Waals surface area contributed by atoms with Crippen LogP contribution in [-0.2, 0) is 0 Å². The van der Waals surface area contributed by atoms with Crippen molar-refractivity contribution in [3.63, 3.8) is 0 Å². The van der Waals surface area contributed by atoms with E-state index in [2.05, 4.69) is 10.1 Å². The zero-order valence-corrected chi connectivity index (χ0v) is 12.3. The molecule has 0 spiro atoms. The Bertz CT molecular complexity index is 707. The molecule has 0 saturated heterocycles. The number of hydrogen-bond acceptors (Lipinski definition) is 3. The first kappa shape index (κ1) is 16.4. The molecule has 1 amide bonds. The van der Waals surface area contributed by atoms with E-state index in [1.807, 2.05) is 6.07 Å². The van der Waals surface area contributed by atoms with E-state index < -0.39 is 6.61 Å². The van der Waals surface area contributed by atoms with Gasteiger partial charge in [0.2, 0.25) is 0 Å². The third-order valence-electron chi connectivity index (χ3n) is 3.23. The van der Waals surface area contributed by atoms with Crippen molar-refractivity contribution < 1.29 is 18.3 Å². The lowest BCUT2D eigenvalue weighted by Crippen LogP contribution is -2.26. The number of carbonyl (C=O) groups excluding carboxylic acids is 1. The highest BCUT2D eigenvalue weighted by Gasteiger charge is 2.12. The van der Waals surface area contributed by atoms with Gasteiger partial charge < -0.3 is 10.1 Å². The fourth-order valence-electron chi connectivity index (χ4n) is 2.00. The average molecular weight is 316 g/mol. The largest absolute Gasteiger partial charge is 0.435 e. The first-order valence-electron chi connectivity index (χ1n) is 6.85. The minimum atomic E-state index is -2.87. The molecule has 0 unspecified atom stereocenters. The lowest BCUT2D eigenvalue weighted by Gasteiger charge is -2.15. The zero-order chi connectivity index (χ0) is 16.8. The third-order valence-corrected chi connectivity index (χ3v) is 3.23. The van der Waals surface area contributed by atoms with Crippen molar-refractivity contribution in [2.75, 3.05) is 0 Å². The van der Waals surface area contributed by atoms with Crippen LogP contribution in [0.5, 0.6) is 5.75 Å².